The Morgan fingerprint density at radius 1 is 1.38 bits per heavy atom. The van der Waals surface area contributed by atoms with Crippen LogP contribution >= 0.6 is 0 Å². The maximum absolute atomic E-state index is 5.46. The van der Waals surface area contributed by atoms with Crippen LogP contribution in [0.25, 0.3) is 0 Å². The minimum Gasteiger partial charge on any atom is -0.0964 e. The number of hydrogen-bond acceptors (Lipinski definition) is 0. The van der Waals surface area contributed by atoms with Crippen molar-refractivity contribution in [2.45, 2.75) is 6.92 Å². The number of aryl methyl sites for hydroxylation is 1. The van der Waals surface area contributed by atoms with Crippen molar-refractivity contribution in [3.8, 4) is 0 Å². The maximum Gasteiger partial charge on any atom is 0.113 e. The fraction of sp³-hybridized carbons (Fsp3) is 0.143. The molecule has 0 N–H and O–H groups in total. The molecule has 0 saturated carbocycles. The molecule has 1 aromatic carbocycles. The fourth-order valence-electron chi connectivity index (χ4n) is 0.670. The standard InChI is InChI=1S/C7H7B/c1-6-3-2-4-7(8)5-6/h2-5H,1H3. The molecular weight excluding hydrogens is 94.9 g/mol. The Kier molecular flexibility index (Phi) is 1.38. The van der Waals surface area contributed by atoms with Gasteiger partial charge in [-0.25, -0.2) is 0 Å². The van der Waals surface area contributed by atoms with Crippen LogP contribution in [0.1, 0.15) is 5.56 Å². The SMILES string of the molecule is [B]c1cccc(C)c1. The van der Waals surface area contributed by atoms with Gasteiger partial charge in [0.2, 0.25) is 0 Å². The first-order valence-corrected chi connectivity index (χ1v) is 2.61. The minimum absolute atomic E-state index is 0.838. The molecule has 0 bridgehead atoms. The van der Waals surface area contributed by atoms with Gasteiger partial charge in [0, 0.05) is 0 Å². The summed E-state index contributed by atoms with van der Waals surface area (Å²) < 4.78 is 0. The second-order valence-corrected chi connectivity index (χ2v) is 1.91. The highest BCUT2D eigenvalue weighted by Crippen LogP contribution is 1.89. The molecular formula is C7H7B. The monoisotopic (exact) mass is 102 g/mol. The van der Waals surface area contributed by atoms with E-state index >= 15 is 0 Å². The van der Waals surface area contributed by atoms with Crippen molar-refractivity contribution < 1.29 is 0 Å². The third-order valence-electron chi connectivity index (χ3n) is 1.04. The Bertz CT molecular complexity index is 164. The van der Waals surface area contributed by atoms with Crippen LogP contribution in [-0.4, -0.2) is 7.85 Å². The molecule has 38 valence electrons. The Morgan fingerprint density at radius 2 is 2.12 bits per heavy atom. The summed E-state index contributed by atoms with van der Waals surface area (Å²) in [5, 5.41) is 0. The van der Waals surface area contributed by atoms with E-state index in [1.807, 2.05) is 31.2 Å². The van der Waals surface area contributed by atoms with Crippen LogP contribution in [0.3, 0.4) is 0 Å². The third-order valence-corrected chi connectivity index (χ3v) is 1.04. The van der Waals surface area contributed by atoms with Crippen LogP contribution in [0.4, 0.5) is 0 Å². The van der Waals surface area contributed by atoms with Gasteiger partial charge in [-0.05, 0) is 6.92 Å². The summed E-state index contributed by atoms with van der Waals surface area (Å²) in [6.45, 7) is 2.02. The van der Waals surface area contributed by atoms with Crippen LogP contribution in [0.5, 0.6) is 0 Å². The minimum atomic E-state index is 0.838. The van der Waals surface area contributed by atoms with Crippen molar-refractivity contribution in [3.05, 3.63) is 29.8 Å². The second kappa shape index (κ2) is 2.04. The fourth-order valence-corrected chi connectivity index (χ4v) is 0.670. The molecule has 0 aliphatic carbocycles. The Morgan fingerprint density at radius 3 is 2.50 bits per heavy atom. The van der Waals surface area contributed by atoms with Crippen LogP contribution in [0.2, 0.25) is 0 Å². The van der Waals surface area contributed by atoms with Crippen molar-refractivity contribution >= 4 is 13.3 Å². The highest BCUT2D eigenvalue weighted by molar-refractivity contribution is 6.32. The Hall–Kier alpha value is -0.715. The quantitative estimate of drug-likeness (QED) is 0.425. The lowest BCUT2D eigenvalue weighted by molar-refractivity contribution is 1.50. The largest absolute Gasteiger partial charge is 0.113 e. The van der Waals surface area contributed by atoms with Crippen molar-refractivity contribution in [2.75, 3.05) is 0 Å². The van der Waals surface area contributed by atoms with Crippen LogP contribution in [-0.2, 0) is 0 Å². The third kappa shape index (κ3) is 1.13. The summed E-state index contributed by atoms with van der Waals surface area (Å²) >= 11 is 0. The molecule has 1 heteroatoms. The van der Waals surface area contributed by atoms with E-state index in [9.17, 15) is 0 Å². The molecule has 1 aromatic rings. The van der Waals surface area contributed by atoms with E-state index in [4.69, 9.17) is 7.85 Å². The molecule has 0 fully saturated rings. The first kappa shape index (κ1) is 5.42. The highest BCUT2D eigenvalue weighted by atomic mass is 13.8. The van der Waals surface area contributed by atoms with Gasteiger partial charge in [-0.2, -0.15) is 0 Å². The van der Waals surface area contributed by atoms with E-state index in [2.05, 4.69) is 0 Å². The summed E-state index contributed by atoms with van der Waals surface area (Å²) in [6, 6.07) is 7.80. The summed E-state index contributed by atoms with van der Waals surface area (Å²) in [5.74, 6) is 0. The van der Waals surface area contributed by atoms with Gasteiger partial charge in [-0.15, -0.1) is 0 Å². The van der Waals surface area contributed by atoms with Crippen molar-refractivity contribution in [3.63, 3.8) is 0 Å². The first-order valence-electron chi connectivity index (χ1n) is 2.61. The van der Waals surface area contributed by atoms with Gasteiger partial charge >= 0.3 is 0 Å². The van der Waals surface area contributed by atoms with Crippen molar-refractivity contribution in [1.82, 2.24) is 0 Å². The molecule has 0 spiro atoms. The lowest BCUT2D eigenvalue weighted by Gasteiger charge is -1.91. The zero-order valence-corrected chi connectivity index (χ0v) is 4.89. The lowest BCUT2D eigenvalue weighted by Crippen LogP contribution is -1.99. The van der Waals surface area contributed by atoms with E-state index in [-0.39, 0.29) is 0 Å². The predicted molar refractivity (Wildman–Crippen MR) is 36.6 cm³/mol. The summed E-state index contributed by atoms with van der Waals surface area (Å²) in [6.07, 6.45) is 0. The van der Waals surface area contributed by atoms with E-state index in [1.54, 1.807) is 0 Å². The van der Waals surface area contributed by atoms with Gasteiger partial charge in [0.15, 0.2) is 0 Å². The average Bonchev–Trinajstić information content (AvgIpc) is 1.64. The van der Waals surface area contributed by atoms with E-state index in [0.717, 1.165) is 5.46 Å². The molecule has 0 aromatic heterocycles. The Labute approximate surface area is 50.9 Å². The van der Waals surface area contributed by atoms with Gasteiger partial charge in [0.1, 0.15) is 7.85 Å². The molecule has 0 unspecified atom stereocenters. The zero-order chi connectivity index (χ0) is 5.98. The molecule has 8 heavy (non-hydrogen) atoms. The van der Waals surface area contributed by atoms with Crippen LogP contribution < -0.4 is 5.46 Å². The highest BCUT2D eigenvalue weighted by Gasteiger charge is 1.80. The van der Waals surface area contributed by atoms with Crippen molar-refractivity contribution in [1.29, 1.82) is 0 Å². The van der Waals surface area contributed by atoms with E-state index in [0.29, 0.717) is 0 Å². The molecule has 0 atom stereocenters. The molecule has 0 amide bonds. The molecule has 0 aliphatic heterocycles. The van der Waals surface area contributed by atoms with Gasteiger partial charge in [-0.3, -0.25) is 0 Å². The summed E-state index contributed by atoms with van der Waals surface area (Å²) in [5.41, 5.74) is 2.05. The molecule has 1 rings (SSSR count). The van der Waals surface area contributed by atoms with Gasteiger partial charge < -0.3 is 0 Å². The van der Waals surface area contributed by atoms with E-state index in [1.165, 1.54) is 5.56 Å². The lowest BCUT2D eigenvalue weighted by atomic mass is 9.95. The zero-order valence-electron chi connectivity index (χ0n) is 4.89. The molecule has 0 saturated heterocycles. The van der Waals surface area contributed by atoms with Crippen LogP contribution in [0, 0.1) is 6.92 Å². The number of benzene rings is 1. The number of hydrogen-bond donors (Lipinski definition) is 0. The molecule has 0 heterocycles. The van der Waals surface area contributed by atoms with E-state index < -0.39 is 0 Å². The normalized spacial score (nSPS) is 9.12. The van der Waals surface area contributed by atoms with Gasteiger partial charge in [-0.1, -0.05) is 35.3 Å². The predicted octanol–water partition coefficient (Wildman–Crippen LogP) is 0.789. The molecule has 0 aliphatic rings. The topological polar surface area (TPSA) is 0 Å². The summed E-state index contributed by atoms with van der Waals surface area (Å²) in [7, 11) is 5.46. The Balaban J connectivity index is 3.08. The smallest absolute Gasteiger partial charge is 0.0964 e. The van der Waals surface area contributed by atoms with Crippen molar-refractivity contribution in [2.24, 2.45) is 0 Å². The van der Waals surface area contributed by atoms with Gasteiger partial charge in [0.05, 0.1) is 0 Å². The molecule has 0 nitrogen and oxygen atoms in total. The number of rotatable bonds is 0. The average molecular weight is 102 g/mol. The maximum atomic E-state index is 5.46. The molecule has 2 radical (unpaired) electrons. The first-order chi connectivity index (χ1) is 3.79. The second-order valence-electron chi connectivity index (χ2n) is 1.91. The van der Waals surface area contributed by atoms with Crippen LogP contribution in [0.15, 0.2) is 24.3 Å². The summed E-state index contributed by atoms with van der Waals surface area (Å²) in [4.78, 5) is 0. The van der Waals surface area contributed by atoms with Gasteiger partial charge in [0.25, 0.3) is 0 Å².